The minimum atomic E-state index is -0.374. The number of para-hydroxylation sites is 1. The van der Waals surface area contributed by atoms with Crippen LogP contribution < -0.4 is 10.9 Å². The van der Waals surface area contributed by atoms with E-state index in [1.54, 1.807) is 11.0 Å². The second-order valence-electron chi connectivity index (χ2n) is 9.11. The molecule has 5 rings (SSSR count). The van der Waals surface area contributed by atoms with E-state index in [-0.39, 0.29) is 23.9 Å². The number of pyridine rings is 1. The number of anilines is 1. The Kier molecular flexibility index (Phi) is 5.95. The maximum Gasteiger partial charge on any atom is 0.255 e. The average molecular weight is 466 g/mol. The van der Waals surface area contributed by atoms with Gasteiger partial charge in [0.1, 0.15) is 6.54 Å². The summed E-state index contributed by atoms with van der Waals surface area (Å²) in [4.78, 5) is 41.4. The summed E-state index contributed by atoms with van der Waals surface area (Å²) in [6, 6.07) is 22.6. The van der Waals surface area contributed by atoms with E-state index >= 15 is 0 Å². The number of nitrogens with one attached hydrogen (secondary N) is 1. The maximum absolute atomic E-state index is 13.5. The van der Waals surface area contributed by atoms with Gasteiger partial charge in [0.15, 0.2) is 0 Å². The van der Waals surface area contributed by atoms with Crippen molar-refractivity contribution in [3.63, 3.8) is 0 Å². The van der Waals surface area contributed by atoms with Gasteiger partial charge in [-0.05, 0) is 54.7 Å². The third-order valence-electron chi connectivity index (χ3n) is 6.64. The fraction of sp³-hybridized carbons (Fsp3) is 0.207. The molecule has 6 heteroatoms. The predicted molar refractivity (Wildman–Crippen MR) is 138 cm³/mol. The molecule has 0 atom stereocenters. The second kappa shape index (κ2) is 9.22. The number of hydrogen-bond acceptors (Lipinski definition) is 3. The highest BCUT2D eigenvalue weighted by atomic mass is 16.2. The SMILES string of the molecule is Cc1ccc(C)c(NC(=O)Cn2c(=O)cc(C(=O)N3CCc4ccccc4C3)c3ccccc32)c1. The Bertz CT molecular complexity index is 1520. The van der Waals surface area contributed by atoms with Crippen molar-refractivity contribution in [3.05, 3.63) is 111 Å². The van der Waals surface area contributed by atoms with Crippen molar-refractivity contribution in [2.45, 2.75) is 33.4 Å². The van der Waals surface area contributed by atoms with Gasteiger partial charge in [-0.25, -0.2) is 0 Å². The zero-order chi connectivity index (χ0) is 24.5. The van der Waals surface area contributed by atoms with Crippen LogP contribution in [0.1, 0.15) is 32.6 Å². The summed E-state index contributed by atoms with van der Waals surface area (Å²) >= 11 is 0. The standard InChI is InChI=1S/C29H27N3O3/c1-19-11-12-20(2)25(15-19)30-27(33)18-32-26-10-6-5-9-23(26)24(16-28(32)34)29(35)31-14-13-21-7-3-4-8-22(21)17-31/h3-12,15-16H,13-14,17-18H2,1-2H3,(H,30,33). The highest BCUT2D eigenvalue weighted by Crippen LogP contribution is 2.24. The molecule has 0 spiro atoms. The van der Waals surface area contributed by atoms with Gasteiger partial charge in [-0.2, -0.15) is 0 Å². The molecule has 2 amide bonds. The summed E-state index contributed by atoms with van der Waals surface area (Å²) in [5.74, 6) is -0.461. The topological polar surface area (TPSA) is 71.4 Å². The zero-order valence-corrected chi connectivity index (χ0v) is 19.9. The summed E-state index contributed by atoms with van der Waals surface area (Å²) in [6.07, 6.45) is 0.787. The average Bonchev–Trinajstić information content (AvgIpc) is 2.87. The van der Waals surface area contributed by atoms with Crippen LogP contribution in [0.2, 0.25) is 0 Å². The normalized spacial score (nSPS) is 12.9. The number of aryl methyl sites for hydroxylation is 2. The molecule has 2 heterocycles. The summed E-state index contributed by atoms with van der Waals surface area (Å²) in [5, 5.41) is 3.58. The number of fused-ring (bicyclic) bond motifs is 2. The molecule has 1 aromatic heterocycles. The van der Waals surface area contributed by atoms with E-state index in [9.17, 15) is 14.4 Å². The number of benzene rings is 3. The lowest BCUT2D eigenvalue weighted by molar-refractivity contribution is -0.116. The third-order valence-corrected chi connectivity index (χ3v) is 6.64. The van der Waals surface area contributed by atoms with E-state index in [2.05, 4.69) is 11.4 Å². The van der Waals surface area contributed by atoms with Crippen LogP contribution in [0.25, 0.3) is 10.9 Å². The highest BCUT2D eigenvalue weighted by molar-refractivity contribution is 6.06. The summed E-state index contributed by atoms with van der Waals surface area (Å²) in [7, 11) is 0. The lowest BCUT2D eigenvalue weighted by Gasteiger charge is -2.29. The smallest absolute Gasteiger partial charge is 0.255 e. The number of amides is 2. The Labute approximate surface area is 203 Å². The molecule has 4 aromatic rings. The van der Waals surface area contributed by atoms with E-state index < -0.39 is 0 Å². The van der Waals surface area contributed by atoms with E-state index in [1.807, 2.05) is 68.4 Å². The molecule has 0 saturated heterocycles. The Morgan fingerprint density at radius 1 is 0.914 bits per heavy atom. The first kappa shape index (κ1) is 22.6. The maximum atomic E-state index is 13.5. The quantitative estimate of drug-likeness (QED) is 0.484. The van der Waals surface area contributed by atoms with Crippen molar-refractivity contribution in [1.29, 1.82) is 0 Å². The van der Waals surface area contributed by atoms with Crippen LogP contribution in [-0.4, -0.2) is 27.8 Å². The first-order valence-electron chi connectivity index (χ1n) is 11.8. The molecule has 1 N–H and O–H groups in total. The molecule has 0 fully saturated rings. The summed E-state index contributed by atoms with van der Waals surface area (Å²) in [6.45, 7) is 4.87. The van der Waals surface area contributed by atoms with Gasteiger partial charge in [0.05, 0.1) is 11.1 Å². The molecule has 176 valence electrons. The van der Waals surface area contributed by atoms with Gasteiger partial charge < -0.3 is 10.2 Å². The molecule has 0 bridgehead atoms. The molecule has 1 aliphatic heterocycles. The highest BCUT2D eigenvalue weighted by Gasteiger charge is 2.24. The minimum Gasteiger partial charge on any atom is -0.334 e. The fourth-order valence-electron chi connectivity index (χ4n) is 4.72. The molecule has 35 heavy (non-hydrogen) atoms. The lowest BCUT2D eigenvalue weighted by atomic mass is 9.98. The molecule has 1 aliphatic rings. The van der Waals surface area contributed by atoms with Crippen LogP contribution in [-0.2, 0) is 24.3 Å². The van der Waals surface area contributed by atoms with E-state index in [0.717, 1.165) is 28.8 Å². The number of hydrogen-bond donors (Lipinski definition) is 1. The van der Waals surface area contributed by atoms with Crippen molar-refractivity contribution in [2.75, 3.05) is 11.9 Å². The first-order chi connectivity index (χ1) is 16.9. The second-order valence-corrected chi connectivity index (χ2v) is 9.11. The predicted octanol–water partition coefficient (Wildman–Crippen LogP) is 4.46. The zero-order valence-electron chi connectivity index (χ0n) is 19.9. The summed E-state index contributed by atoms with van der Waals surface area (Å²) in [5.41, 5.74) is 5.67. The van der Waals surface area contributed by atoms with E-state index in [0.29, 0.717) is 29.6 Å². The largest absolute Gasteiger partial charge is 0.334 e. The Hall–Kier alpha value is -4.19. The minimum absolute atomic E-state index is 0.141. The Morgan fingerprint density at radius 3 is 2.49 bits per heavy atom. The van der Waals surface area contributed by atoms with Crippen LogP contribution >= 0.6 is 0 Å². The lowest BCUT2D eigenvalue weighted by Crippen LogP contribution is -2.37. The van der Waals surface area contributed by atoms with Gasteiger partial charge >= 0.3 is 0 Å². The Balaban J connectivity index is 1.46. The number of nitrogens with zero attached hydrogens (tertiary/aromatic N) is 2. The van der Waals surface area contributed by atoms with Crippen LogP contribution in [0, 0.1) is 13.8 Å². The van der Waals surface area contributed by atoms with Gasteiger partial charge in [0.25, 0.3) is 11.5 Å². The van der Waals surface area contributed by atoms with Crippen molar-refractivity contribution in [2.24, 2.45) is 0 Å². The Morgan fingerprint density at radius 2 is 1.66 bits per heavy atom. The molecule has 0 aliphatic carbocycles. The third kappa shape index (κ3) is 4.47. The van der Waals surface area contributed by atoms with Gasteiger partial charge in [0.2, 0.25) is 5.91 Å². The van der Waals surface area contributed by atoms with Gasteiger partial charge in [-0.15, -0.1) is 0 Å². The van der Waals surface area contributed by atoms with E-state index in [1.165, 1.54) is 16.2 Å². The fourth-order valence-corrected chi connectivity index (χ4v) is 4.72. The van der Waals surface area contributed by atoms with Crippen molar-refractivity contribution in [3.8, 4) is 0 Å². The van der Waals surface area contributed by atoms with Gasteiger partial charge in [0, 0.05) is 30.2 Å². The van der Waals surface area contributed by atoms with E-state index in [4.69, 9.17) is 0 Å². The van der Waals surface area contributed by atoms with Crippen molar-refractivity contribution >= 4 is 28.4 Å². The molecule has 0 unspecified atom stereocenters. The van der Waals surface area contributed by atoms with Crippen LogP contribution in [0.3, 0.4) is 0 Å². The molecule has 0 radical (unpaired) electrons. The van der Waals surface area contributed by atoms with Gasteiger partial charge in [-0.1, -0.05) is 54.6 Å². The molecular weight excluding hydrogens is 438 g/mol. The van der Waals surface area contributed by atoms with Crippen LogP contribution in [0.5, 0.6) is 0 Å². The number of aromatic nitrogens is 1. The molecular formula is C29H27N3O3. The van der Waals surface area contributed by atoms with Crippen molar-refractivity contribution < 1.29 is 9.59 Å². The van der Waals surface area contributed by atoms with Crippen LogP contribution in [0.15, 0.2) is 77.6 Å². The molecule has 3 aromatic carbocycles. The number of rotatable bonds is 4. The molecule has 6 nitrogen and oxygen atoms in total. The van der Waals surface area contributed by atoms with Crippen LogP contribution in [0.4, 0.5) is 5.69 Å². The first-order valence-corrected chi connectivity index (χ1v) is 11.8. The number of carbonyl (C=O) groups is 2. The molecule has 0 saturated carbocycles. The van der Waals surface area contributed by atoms with Crippen molar-refractivity contribution in [1.82, 2.24) is 9.47 Å². The monoisotopic (exact) mass is 465 g/mol. The number of carbonyl (C=O) groups excluding carboxylic acids is 2. The van der Waals surface area contributed by atoms with Gasteiger partial charge in [-0.3, -0.25) is 19.0 Å². The summed E-state index contributed by atoms with van der Waals surface area (Å²) < 4.78 is 1.43.